The Kier molecular flexibility index (Phi) is 8.32. The molecule has 42 heavy (non-hydrogen) atoms. The van der Waals surface area contributed by atoms with Crippen LogP contribution in [0, 0.1) is 11.3 Å². The Hall–Kier alpha value is -3.48. The number of fused-ring (bicyclic) bond motifs is 4. The monoisotopic (exact) mass is 604 g/mol. The third kappa shape index (κ3) is 6.45. The van der Waals surface area contributed by atoms with Gasteiger partial charge in [0, 0.05) is 36.3 Å². The van der Waals surface area contributed by atoms with E-state index in [1.165, 1.54) is 10.8 Å². The molecule has 1 saturated carbocycles. The lowest BCUT2D eigenvalue weighted by Crippen LogP contribution is -2.40. The molecule has 1 unspecified atom stereocenters. The van der Waals surface area contributed by atoms with E-state index in [1.807, 2.05) is 0 Å². The van der Waals surface area contributed by atoms with Gasteiger partial charge < -0.3 is 14.4 Å². The molecular weight excluding hydrogens is 569 g/mol. The van der Waals surface area contributed by atoms with Gasteiger partial charge in [0.1, 0.15) is 10.9 Å². The lowest BCUT2D eigenvalue weighted by Gasteiger charge is -2.34. The van der Waals surface area contributed by atoms with Crippen LogP contribution in [0.4, 0.5) is 19.0 Å². The first kappa shape index (κ1) is 30.0. The normalized spacial score (nSPS) is 23.4. The summed E-state index contributed by atoms with van der Waals surface area (Å²) in [7, 11) is 0. The van der Waals surface area contributed by atoms with Gasteiger partial charge in [-0.25, -0.2) is 14.7 Å². The van der Waals surface area contributed by atoms with E-state index < -0.39 is 11.6 Å². The summed E-state index contributed by atoms with van der Waals surface area (Å²) < 4.78 is 55.3. The van der Waals surface area contributed by atoms with E-state index in [0.29, 0.717) is 41.3 Å². The number of rotatable bonds is 6. The van der Waals surface area contributed by atoms with Gasteiger partial charge >= 0.3 is 6.18 Å². The van der Waals surface area contributed by atoms with Crippen LogP contribution in [-0.2, 0) is 4.74 Å². The molecule has 4 heterocycles. The summed E-state index contributed by atoms with van der Waals surface area (Å²) >= 11 is 1.01. The van der Waals surface area contributed by atoms with Gasteiger partial charge in [-0.2, -0.15) is 13.2 Å². The first-order valence-corrected chi connectivity index (χ1v) is 14.8. The molecule has 5 rings (SSSR count). The molecule has 2 aromatic rings. The number of aliphatic imine (C=N–C) groups is 1. The van der Waals surface area contributed by atoms with E-state index in [2.05, 4.69) is 46.7 Å². The van der Waals surface area contributed by atoms with Gasteiger partial charge in [-0.3, -0.25) is 9.52 Å². The minimum atomic E-state index is -4.22. The number of hydrogen-bond acceptors (Lipinski definition) is 8. The molecule has 3 aliphatic rings. The van der Waals surface area contributed by atoms with Crippen molar-refractivity contribution in [2.75, 3.05) is 24.7 Å². The highest BCUT2D eigenvalue weighted by atomic mass is 32.2. The molecule has 1 saturated heterocycles. The zero-order valence-electron chi connectivity index (χ0n) is 23.7. The minimum Gasteiger partial charge on any atom is -0.478 e. The van der Waals surface area contributed by atoms with Crippen LogP contribution in [-0.4, -0.2) is 57.2 Å². The van der Waals surface area contributed by atoms with Crippen molar-refractivity contribution in [3.63, 3.8) is 0 Å². The number of nitrogens with one attached hydrogen (secondary N) is 1. The van der Waals surface area contributed by atoms with Gasteiger partial charge in [0.05, 0.1) is 24.2 Å². The summed E-state index contributed by atoms with van der Waals surface area (Å²) in [6.45, 7) is 13.0. The third-order valence-electron chi connectivity index (χ3n) is 8.09. The largest absolute Gasteiger partial charge is 0.478 e. The van der Waals surface area contributed by atoms with Crippen LogP contribution in [0.15, 0.2) is 54.5 Å². The minimum absolute atomic E-state index is 0.0796. The standard InChI is InChI=1S/C29H35F3N6O3S/c1-5-24-33-19(2)40-15-6-7-20-17-27(3,4)37(18-20)25-21(26(39)36-42-24)8-9-22(34-25)38-14-10-23(35-38)41-16-13-28(11-12-28)29(30,31)32/h5,8-10,14,20H,1-2,6-7,11-13,15-18H2,3-4H3,(H,36,39)/b33-24+. The number of alkyl halides is 3. The second kappa shape index (κ2) is 11.7. The van der Waals surface area contributed by atoms with E-state index in [4.69, 9.17) is 14.5 Å². The van der Waals surface area contributed by atoms with Gasteiger partial charge in [0.25, 0.3) is 5.91 Å². The van der Waals surface area contributed by atoms with E-state index >= 15 is 0 Å². The van der Waals surface area contributed by atoms with Crippen LogP contribution >= 0.6 is 11.9 Å². The number of anilines is 1. The third-order valence-corrected chi connectivity index (χ3v) is 8.84. The SMILES string of the molecule is C=C/C1=N\C(=C)OCCCC2CN(c3nc(-n4ccc(OCCC5(C(F)(F)F)CC5)n4)ccc3C(=O)NS1)C(C)(C)C2. The number of halogens is 3. The van der Waals surface area contributed by atoms with Crippen LogP contribution in [0.25, 0.3) is 5.82 Å². The topological polar surface area (TPSA) is 93.9 Å². The second-order valence-corrected chi connectivity index (χ2v) is 12.4. The van der Waals surface area contributed by atoms with Gasteiger partial charge in [-0.1, -0.05) is 6.58 Å². The van der Waals surface area contributed by atoms with Gasteiger partial charge in [-0.15, -0.1) is 5.10 Å². The number of aromatic nitrogens is 3. The average Bonchev–Trinajstić information content (AvgIpc) is 3.49. The van der Waals surface area contributed by atoms with Crippen molar-refractivity contribution in [3.8, 4) is 11.7 Å². The fourth-order valence-corrected chi connectivity index (χ4v) is 6.11. The zero-order chi connectivity index (χ0) is 30.1. The molecule has 9 nitrogen and oxygen atoms in total. The van der Waals surface area contributed by atoms with Crippen molar-refractivity contribution in [2.24, 2.45) is 16.3 Å². The zero-order valence-corrected chi connectivity index (χ0v) is 24.6. The Bertz CT molecular complexity index is 1380. The number of carbonyl (C=O) groups is 1. The van der Waals surface area contributed by atoms with Gasteiger partial charge in [0.15, 0.2) is 5.82 Å². The molecule has 226 valence electrons. The van der Waals surface area contributed by atoms with Crippen LogP contribution in [0.5, 0.6) is 5.88 Å². The van der Waals surface area contributed by atoms with E-state index in [9.17, 15) is 18.0 Å². The average molecular weight is 605 g/mol. The highest BCUT2D eigenvalue weighted by Gasteiger charge is 2.62. The maximum absolute atomic E-state index is 13.4. The van der Waals surface area contributed by atoms with Crippen LogP contribution in [0.3, 0.4) is 0 Å². The molecule has 1 aliphatic carbocycles. The quantitative estimate of drug-likeness (QED) is 0.391. The number of pyridine rings is 1. The van der Waals surface area contributed by atoms with E-state index in [0.717, 1.165) is 31.2 Å². The summed E-state index contributed by atoms with van der Waals surface area (Å²) in [5, 5.41) is 4.82. The highest BCUT2D eigenvalue weighted by Crippen LogP contribution is 2.59. The summed E-state index contributed by atoms with van der Waals surface area (Å²) in [4.78, 5) is 24.8. The Morgan fingerprint density at radius 1 is 1.29 bits per heavy atom. The number of ether oxygens (including phenoxy) is 2. The Balaban J connectivity index is 1.40. The summed E-state index contributed by atoms with van der Waals surface area (Å²) in [5.41, 5.74) is -1.51. The molecule has 13 heteroatoms. The predicted octanol–water partition coefficient (Wildman–Crippen LogP) is 6.23. The molecule has 1 amide bonds. The van der Waals surface area contributed by atoms with Crippen LogP contribution in [0.1, 0.15) is 62.7 Å². The number of nitrogens with zero attached hydrogens (tertiary/aromatic N) is 5. The van der Waals surface area contributed by atoms with Crippen LogP contribution in [0.2, 0.25) is 0 Å². The molecule has 2 fully saturated rings. The number of amides is 1. The Morgan fingerprint density at radius 3 is 2.79 bits per heavy atom. The second-order valence-electron chi connectivity index (χ2n) is 11.6. The highest BCUT2D eigenvalue weighted by molar-refractivity contribution is 8.13. The lowest BCUT2D eigenvalue weighted by molar-refractivity contribution is -0.190. The Labute approximate surface area is 247 Å². The van der Waals surface area contributed by atoms with Crippen molar-refractivity contribution in [1.29, 1.82) is 0 Å². The Morgan fingerprint density at radius 2 is 2.07 bits per heavy atom. The van der Waals surface area contributed by atoms with Crippen molar-refractivity contribution < 1.29 is 27.4 Å². The van der Waals surface area contributed by atoms with Gasteiger partial charge in [0.2, 0.25) is 11.8 Å². The molecule has 2 aliphatic heterocycles. The number of carbonyl (C=O) groups excluding carboxylic acids is 1. The smallest absolute Gasteiger partial charge is 0.394 e. The molecule has 1 N–H and O–H groups in total. The summed E-state index contributed by atoms with van der Waals surface area (Å²) in [6, 6.07) is 4.97. The van der Waals surface area contributed by atoms with Crippen molar-refractivity contribution in [2.45, 2.75) is 64.1 Å². The first-order chi connectivity index (χ1) is 19.9. The van der Waals surface area contributed by atoms with Crippen molar-refractivity contribution >= 4 is 28.7 Å². The summed E-state index contributed by atoms with van der Waals surface area (Å²) in [6.07, 6.45) is 1.78. The molecule has 0 aromatic carbocycles. The fourth-order valence-electron chi connectivity index (χ4n) is 5.57. The molecule has 0 radical (unpaired) electrons. The van der Waals surface area contributed by atoms with Gasteiger partial charge in [-0.05, 0) is 83.1 Å². The van der Waals surface area contributed by atoms with Crippen molar-refractivity contribution in [1.82, 2.24) is 19.5 Å². The lowest BCUT2D eigenvalue weighted by atomic mass is 9.93. The van der Waals surface area contributed by atoms with Crippen LogP contribution < -0.4 is 14.4 Å². The molecule has 1 atom stereocenters. The fraction of sp³-hybridized carbons (Fsp3) is 0.517. The predicted molar refractivity (Wildman–Crippen MR) is 156 cm³/mol. The maximum Gasteiger partial charge on any atom is 0.394 e. The summed E-state index contributed by atoms with van der Waals surface area (Å²) in [5.74, 6) is 1.45. The first-order valence-electron chi connectivity index (χ1n) is 14.0. The maximum atomic E-state index is 13.4. The number of hydrogen-bond donors (Lipinski definition) is 1. The molecular formula is C29H35F3N6O3S. The van der Waals surface area contributed by atoms with Crippen molar-refractivity contribution in [3.05, 3.63) is 55.1 Å². The molecule has 2 bridgehead atoms. The van der Waals surface area contributed by atoms with E-state index in [1.54, 1.807) is 24.4 Å². The van der Waals surface area contributed by atoms with E-state index in [-0.39, 0.29) is 49.1 Å². The molecule has 2 aromatic heterocycles. The molecule has 0 spiro atoms.